The first-order valence-corrected chi connectivity index (χ1v) is 6.47. The molecule has 0 aliphatic heterocycles. The number of likely N-dealkylation sites (N-methyl/N-ethyl adjacent to an activating group) is 2. The van der Waals surface area contributed by atoms with E-state index in [2.05, 4.69) is 30.3 Å². The molecule has 16 heavy (non-hydrogen) atoms. The van der Waals surface area contributed by atoms with Crippen molar-refractivity contribution < 1.29 is 0 Å². The molecule has 0 aromatic rings. The lowest BCUT2D eigenvalue weighted by Gasteiger charge is -2.31. The van der Waals surface area contributed by atoms with Crippen molar-refractivity contribution in [1.82, 2.24) is 10.2 Å². The van der Waals surface area contributed by atoms with Crippen LogP contribution >= 0.6 is 0 Å². The molecule has 3 heteroatoms. The fourth-order valence-corrected chi connectivity index (χ4v) is 2.31. The average Bonchev–Trinajstić information content (AvgIpc) is 3.11. The minimum absolute atomic E-state index is 0.305. The lowest BCUT2D eigenvalue weighted by Crippen LogP contribution is -2.52. The van der Waals surface area contributed by atoms with E-state index in [9.17, 15) is 5.26 Å². The number of unbranched alkanes of at least 4 members (excludes halogenated alkanes) is 2. The molecule has 0 radical (unpaired) electrons. The molecule has 1 unspecified atom stereocenters. The Balaban J connectivity index is 2.39. The lowest BCUT2D eigenvalue weighted by molar-refractivity contribution is 0.234. The van der Waals surface area contributed by atoms with Crippen LogP contribution in [-0.2, 0) is 0 Å². The Morgan fingerprint density at radius 2 is 2.12 bits per heavy atom. The Morgan fingerprint density at radius 1 is 1.44 bits per heavy atom. The van der Waals surface area contributed by atoms with Crippen molar-refractivity contribution in [3.63, 3.8) is 0 Å². The highest BCUT2D eigenvalue weighted by Crippen LogP contribution is 2.39. The van der Waals surface area contributed by atoms with Gasteiger partial charge in [0.15, 0.2) is 0 Å². The molecule has 1 fully saturated rings. The van der Waals surface area contributed by atoms with Crippen LogP contribution in [0.3, 0.4) is 0 Å². The van der Waals surface area contributed by atoms with E-state index in [0.717, 1.165) is 13.1 Å². The Bertz CT molecular complexity index is 242. The highest BCUT2D eigenvalue weighted by atomic mass is 15.1. The van der Waals surface area contributed by atoms with E-state index in [1.165, 1.54) is 32.1 Å². The van der Waals surface area contributed by atoms with Gasteiger partial charge in [0.25, 0.3) is 0 Å². The zero-order valence-corrected chi connectivity index (χ0v) is 10.9. The van der Waals surface area contributed by atoms with Gasteiger partial charge < -0.3 is 10.2 Å². The average molecular weight is 223 g/mol. The quantitative estimate of drug-likeness (QED) is 0.640. The van der Waals surface area contributed by atoms with Crippen molar-refractivity contribution in [3.8, 4) is 6.07 Å². The second kappa shape index (κ2) is 6.22. The van der Waals surface area contributed by atoms with Crippen LogP contribution in [0.25, 0.3) is 0 Å². The molecule has 0 aromatic heterocycles. The summed E-state index contributed by atoms with van der Waals surface area (Å²) in [4.78, 5) is 2.30. The van der Waals surface area contributed by atoms with Crippen LogP contribution in [0.4, 0.5) is 0 Å². The highest BCUT2D eigenvalue weighted by molar-refractivity contribution is 5.16. The number of hydrogen-bond acceptors (Lipinski definition) is 3. The maximum atomic E-state index is 9.37. The molecule has 0 bridgehead atoms. The Hall–Kier alpha value is -0.590. The molecule has 0 amide bonds. The molecule has 3 nitrogen and oxygen atoms in total. The molecule has 0 saturated heterocycles. The van der Waals surface area contributed by atoms with E-state index >= 15 is 0 Å². The van der Waals surface area contributed by atoms with Gasteiger partial charge in [-0.05, 0) is 45.8 Å². The van der Waals surface area contributed by atoms with Crippen molar-refractivity contribution in [2.24, 2.45) is 5.92 Å². The summed E-state index contributed by atoms with van der Waals surface area (Å²) in [5.41, 5.74) is -0.305. The predicted molar refractivity (Wildman–Crippen MR) is 67.1 cm³/mol. The number of nitrogens with one attached hydrogen (secondary N) is 1. The van der Waals surface area contributed by atoms with Gasteiger partial charge in [0.1, 0.15) is 5.54 Å². The molecule has 1 N–H and O–H groups in total. The van der Waals surface area contributed by atoms with Gasteiger partial charge >= 0.3 is 0 Å². The van der Waals surface area contributed by atoms with E-state index in [1.807, 2.05) is 7.05 Å². The molecule has 1 atom stereocenters. The summed E-state index contributed by atoms with van der Waals surface area (Å²) in [5, 5.41) is 12.6. The summed E-state index contributed by atoms with van der Waals surface area (Å²) in [5.74, 6) is 0.566. The molecular formula is C13H25N3. The molecule has 92 valence electrons. The van der Waals surface area contributed by atoms with Crippen LogP contribution in [0.15, 0.2) is 0 Å². The second-order valence-corrected chi connectivity index (χ2v) is 5.05. The molecule has 1 rings (SSSR count). The van der Waals surface area contributed by atoms with E-state index < -0.39 is 0 Å². The van der Waals surface area contributed by atoms with Gasteiger partial charge in [0.05, 0.1) is 6.07 Å². The standard InChI is InChI=1S/C13H25N3/c1-4-5-6-9-16(3)11-13(10-14,15-2)12-7-8-12/h12,15H,4-9,11H2,1-3H3. The third-order valence-electron chi connectivity index (χ3n) is 3.58. The van der Waals surface area contributed by atoms with Crippen LogP contribution in [0.1, 0.15) is 39.0 Å². The SMILES string of the molecule is CCCCCN(C)CC(C#N)(NC)C1CC1. The van der Waals surface area contributed by atoms with E-state index in [0.29, 0.717) is 5.92 Å². The third kappa shape index (κ3) is 3.47. The van der Waals surface area contributed by atoms with Gasteiger partial charge in [-0.3, -0.25) is 0 Å². The summed E-state index contributed by atoms with van der Waals surface area (Å²) in [6.45, 7) is 4.18. The topological polar surface area (TPSA) is 39.1 Å². The molecule has 1 aliphatic carbocycles. The lowest BCUT2D eigenvalue weighted by atomic mass is 9.94. The molecular weight excluding hydrogens is 198 g/mol. The van der Waals surface area contributed by atoms with Gasteiger partial charge in [-0.25, -0.2) is 0 Å². The van der Waals surface area contributed by atoms with Crippen LogP contribution in [0.2, 0.25) is 0 Å². The Morgan fingerprint density at radius 3 is 2.56 bits per heavy atom. The summed E-state index contributed by atoms with van der Waals surface area (Å²) in [6, 6.07) is 2.50. The molecule has 0 aromatic carbocycles. The zero-order chi connectivity index (χ0) is 12.0. The van der Waals surface area contributed by atoms with Crippen LogP contribution < -0.4 is 5.32 Å². The Labute approximate surface area is 99.8 Å². The fourth-order valence-electron chi connectivity index (χ4n) is 2.31. The molecule has 1 aliphatic rings. The van der Waals surface area contributed by atoms with Crippen molar-refractivity contribution >= 4 is 0 Å². The van der Waals surface area contributed by atoms with Crippen molar-refractivity contribution in [3.05, 3.63) is 0 Å². The van der Waals surface area contributed by atoms with Crippen molar-refractivity contribution in [2.75, 3.05) is 27.2 Å². The minimum atomic E-state index is -0.305. The molecule has 0 spiro atoms. The molecule has 1 saturated carbocycles. The maximum absolute atomic E-state index is 9.37. The van der Waals surface area contributed by atoms with E-state index in [4.69, 9.17) is 0 Å². The van der Waals surface area contributed by atoms with Gasteiger partial charge in [0, 0.05) is 6.54 Å². The number of nitrogens with zero attached hydrogens (tertiary/aromatic N) is 2. The highest BCUT2D eigenvalue weighted by Gasteiger charge is 2.45. The summed E-state index contributed by atoms with van der Waals surface area (Å²) in [7, 11) is 4.04. The fraction of sp³-hybridized carbons (Fsp3) is 0.923. The van der Waals surface area contributed by atoms with Crippen molar-refractivity contribution in [1.29, 1.82) is 5.26 Å². The van der Waals surface area contributed by atoms with Gasteiger partial charge in [-0.1, -0.05) is 19.8 Å². The zero-order valence-electron chi connectivity index (χ0n) is 10.9. The summed E-state index contributed by atoms with van der Waals surface area (Å²) < 4.78 is 0. The Kier molecular flexibility index (Phi) is 5.24. The van der Waals surface area contributed by atoms with Gasteiger partial charge in [0.2, 0.25) is 0 Å². The van der Waals surface area contributed by atoms with E-state index in [-0.39, 0.29) is 5.54 Å². The smallest absolute Gasteiger partial charge is 0.122 e. The third-order valence-corrected chi connectivity index (χ3v) is 3.58. The summed E-state index contributed by atoms with van der Waals surface area (Å²) in [6.07, 6.45) is 6.19. The minimum Gasteiger partial charge on any atom is -0.303 e. The van der Waals surface area contributed by atoms with Crippen LogP contribution in [-0.4, -0.2) is 37.6 Å². The normalized spacial score (nSPS) is 19.4. The van der Waals surface area contributed by atoms with E-state index in [1.54, 1.807) is 0 Å². The predicted octanol–water partition coefficient (Wildman–Crippen LogP) is 2.00. The van der Waals surface area contributed by atoms with Crippen LogP contribution in [0, 0.1) is 17.2 Å². The van der Waals surface area contributed by atoms with Crippen molar-refractivity contribution in [2.45, 2.75) is 44.6 Å². The summed E-state index contributed by atoms with van der Waals surface area (Å²) >= 11 is 0. The molecule has 0 heterocycles. The monoisotopic (exact) mass is 223 g/mol. The second-order valence-electron chi connectivity index (χ2n) is 5.05. The first-order valence-electron chi connectivity index (χ1n) is 6.47. The van der Waals surface area contributed by atoms with Crippen LogP contribution in [0.5, 0.6) is 0 Å². The first kappa shape index (κ1) is 13.5. The van der Waals surface area contributed by atoms with Gasteiger partial charge in [-0.15, -0.1) is 0 Å². The number of nitriles is 1. The number of hydrogen-bond donors (Lipinski definition) is 1. The largest absolute Gasteiger partial charge is 0.303 e. The van der Waals surface area contributed by atoms with Gasteiger partial charge in [-0.2, -0.15) is 5.26 Å². The first-order chi connectivity index (χ1) is 7.68. The maximum Gasteiger partial charge on any atom is 0.122 e. The number of rotatable bonds is 8.